The number of nitrogens with zero attached hydrogens (tertiary/aromatic N) is 4. The minimum absolute atomic E-state index is 0.154. The molecule has 154 valence electrons. The van der Waals surface area contributed by atoms with Gasteiger partial charge in [0.05, 0.1) is 0 Å². The Morgan fingerprint density at radius 2 is 1.90 bits per heavy atom. The smallest absolute Gasteiger partial charge is 0.407 e. The Kier molecular flexibility index (Phi) is 5.40. The van der Waals surface area contributed by atoms with Crippen molar-refractivity contribution in [2.45, 2.75) is 64.1 Å². The van der Waals surface area contributed by atoms with E-state index >= 15 is 0 Å². The zero-order valence-corrected chi connectivity index (χ0v) is 17.7. The lowest BCUT2D eigenvalue weighted by Gasteiger charge is -2.30. The SMILES string of the molecule is CC(C)(C)OC(=O)NC1CCC(Nc2ccc3nnc(-c4ccsc4)n3n2)CC1. The summed E-state index contributed by atoms with van der Waals surface area (Å²) in [5, 5.41) is 23.7. The van der Waals surface area contributed by atoms with E-state index in [0.717, 1.165) is 48.5 Å². The Labute approximate surface area is 173 Å². The molecule has 0 bridgehead atoms. The van der Waals surface area contributed by atoms with Crippen LogP contribution in [-0.4, -0.2) is 43.6 Å². The summed E-state index contributed by atoms with van der Waals surface area (Å²) in [7, 11) is 0. The van der Waals surface area contributed by atoms with Crippen LogP contribution in [0.2, 0.25) is 0 Å². The number of fused-ring (bicyclic) bond motifs is 1. The van der Waals surface area contributed by atoms with Gasteiger partial charge in [-0.2, -0.15) is 15.9 Å². The standard InChI is InChI=1S/C20H26N6O2S/c1-20(2,3)28-19(27)22-15-6-4-14(5-7-15)21-16-8-9-17-23-24-18(26(17)25-16)13-10-11-29-12-13/h8-12,14-15H,4-7H2,1-3H3,(H,21,25)(H,22,27). The third-order valence-electron chi connectivity index (χ3n) is 4.84. The van der Waals surface area contributed by atoms with E-state index in [-0.39, 0.29) is 12.1 Å². The molecule has 2 N–H and O–H groups in total. The van der Waals surface area contributed by atoms with Crippen LogP contribution in [0.4, 0.5) is 10.6 Å². The van der Waals surface area contributed by atoms with Gasteiger partial charge in [-0.1, -0.05) is 0 Å². The van der Waals surface area contributed by atoms with E-state index in [0.29, 0.717) is 6.04 Å². The number of nitrogens with one attached hydrogen (secondary N) is 2. The third kappa shape index (κ3) is 4.84. The highest BCUT2D eigenvalue weighted by atomic mass is 32.1. The molecule has 0 radical (unpaired) electrons. The molecule has 1 saturated carbocycles. The molecule has 4 rings (SSSR count). The number of rotatable bonds is 4. The number of hydrogen-bond acceptors (Lipinski definition) is 7. The molecular weight excluding hydrogens is 388 g/mol. The van der Waals surface area contributed by atoms with E-state index < -0.39 is 5.60 Å². The molecule has 0 aromatic carbocycles. The van der Waals surface area contributed by atoms with E-state index in [1.807, 2.05) is 49.7 Å². The van der Waals surface area contributed by atoms with Gasteiger partial charge in [-0.3, -0.25) is 0 Å². The lowest BCUT2D eigenvalue weighted by molar-refractivity contribution is 0.0492. The van der Waals surface area contributed by atoms with Gasteiger partial charge in [0.25, 0.3) is 0 Å². The third-order valence-corrected chi connectivity index (χ3v) is 5.53. The second kappa shape index (κ2) is 7.98. The van der Waals surface area contributed by atoms with Crippen molar-refractivity contribution in [2.24, 2.45) is 0 Å². The maximum Gasteiger partial charge on any atom is 0.407 e. The predicted molar refractivity (Wildman–Crippen MR) is 113 cm³/mol. The molecule has 0 spiro atoms. The van der Waals surface area contributed by atoms with Crippen LogP contribution >= 0.6 is 11.3 Å². The van der Waals surface area contributed by atoms with Gasteiger partial charge in [0, 0.05) is 23.0 Å². The van der Waals surface area contributed by atoms with Crippen LogP contribution in [-0.2, 0) is 4.74 Å². The summed E-state index contributed by atoms with van der Waals surface area (Å²) in [4.78, 5) is 12.0. The van der Waals surface area contributed by atoms with E-state index in [2.05, 4.69) is 25.9 Å². The first-order valence-corrected chi connectivity index (χ1v) is 10.8. The summed E-state index contributed by atoms with van der Waals surface area (Å²) in [6.45, 7) is 5.62. The predicted octanol–water partition coefficient (Wildman–Crippen LogP) is 4.10. The number of thiophene rings is 1. The molecule has 9 heteroatoms. The van der Waals surface area contributed by atoms with Gasteiger partial charge in [0.2, 0.25) is 0 Å². The summed E-state index contributed by atoms with van der Waals surface area (Å²) in [6, 6.07) is 6.35. The van der Waals surface area contributed by atoms with E-state index in [1.165, 1.54) is 0 Å². The molecule has 3 aromatic rings. The minimum Gasteiger partial charge on any atom is -0.444 e. The molecule has 29 heavy (non-hydrogen) atoms. The molecule has 1 aliphatic rings. The van der Waals surface area contributed by atoms with Crippen LogP contribution in [0.5, 0.6) is 0 Å². The van der Waals surface area contributed by atoms with Gasteiger partial charge < -0.3 is 15.4 Å². The zero-order chi connectivity index (χ0) is 20.4. The van der Waals surface area contributed by atoms with Crippen molar-refractivity contribution in [1.29, 1.82) is 0 Å². The van der Waals surface area contributed by atoms with Crippen molar-refractivity contribution in [3.63, 3.8) is 0 Å². The first-order valence-electron chi connectivity index (χ1n) is 9.88. The van der Waals surface area contributed by atoms with Gasteiger partial charge in [-0.25, -0.2) is 4.79 Å². The lowest BCUT2D eigenvalue weighted by Crippen LogP contribution is -2.42. The summed E-state index contributed by atoms with van der Waals surface area (Å²) in [5.74, 6) is 1.55. The first kappa shape index (κ1) is 19.6. The summed E-state index contributed by atoms with van der Waals surface area (Å²) in [6.07, 6.45) is 3.40. The van der Waals surface area contributed by atoms with Crippen molar-refractivity contribution >= 4 is 28.9 Å². The zero-order valence-electron chi connectivity index (χ0n) is 16.9. The first-order chi connectivity index (χ1) is 13.9. The average molecular weight is 415 g/mol. The van der Waals surface area contributed by atoms with E-state index in [4.69, 9.17) is 4.74 Å². The van der Waals surface area contributed by atoms with Gasteiger partial charge in [0.15, 0.2) is 11.5 Å². The number of anilines is 1. The highest BCUT2D eigenvalue weighted by molar-refractivity contribution is 7.08. The Hall–Kier alpha value is -2.68. The quantitative estimate of drug-likeness (QED) is 0.668. The van der Waals surface area contributed by atoms with Crippen LogP contribution < -0.4 is 10.6 Å². The molecule has 0 saturated heterocycles. The molecule has 3 heterocycles. The highest BCUT2D eigenvalue weighted by Gasteiger charge is 2.25. The van der Waals surface area contributed by atoms with Crippen LogP contribution in [0.25, 0.3) is 17.0 Å². The van der Waals surface area contributed by atoms with Crippen molar-refractivity contribution in [3.05, 3.63) is 29.0 Å². The number of ether oxygens (including phenoxy) is 1. The summed E-state index contributed by atoms with van der Waals surface area (Å²) >= 11 is 1.62. The number of aromatic nitrogens is 4. The summed E-state index contributed by atoms with van der Waals surface area (Å²) in [5.41, 5.74) is 1.26. The second-order valence-corrected chi connectivity index (χ2v) is 9.14. The Bertz CT molecular complexity index is 971. The number of hydrogen-bond donors (Lipinski definition) is 2. The number of carbonyl (C=O) groups is 1. The van der Waals surface area contributed by atoms with Crippen molar-refractivity contribution in [3.8, 4) is 11.4 Å². The van der Waals surface area contributed by atoms with E-state index in [9.17, 15) is 4.79 Å². The monoisotopic (exact) mass is 414 g/mol. The van der Waals surface area contributed by atoms with Crippen molar-refractivity contribution in [2.75, 3.05) is 5.32 Å². The fourth-order valence-electron chi connectivity index (χ4n) is 3.50. The minimum atomic E-state index is -0.475. The topological polar surface area (TPSA) is 93.4 Å². The Morgan fingerprint density at radius 3 is 2.59 bits per heavy atom. The molecule has 0 aliphatic heterocycles. The molecule has 3 aromatic heterocycles. The van der Waals surface area contributed by atoms with Crippen molar-refractivity contribution in [1.82, 2.24) is 25.1 Å². The second-order valence-electron chi connectivity index (χ2n) is 8.36. The fourth-order valence-corrected chi connectivity index (χ4v) is 4.14. The largest absolute Gasteiger partial charge is 0.444 e. The maximum absolute atomic E-state index is 12.0. The molecule has 8 nitrogen and oxygen atoms in total. The molecular formula is C20H26N6O2S. The molecule has 1 aliphatic carbocycles. The number of alkyl carbamates (subject to hydrolysis) is 1. The number of carbonyl (C=O) groups excluding carboxylic acids is 1. The van der Waals surface area contributed by atoms with Crippen molar-refractivity contribution < 1.29 is 9.53 Å². The molecule has 1 amide bonds. The van der Waals surface area contributed by atoms with Crippen LogP contribution in [0, 0.1) is 0 Å². The molecule has 0 atom stereocenters. The fraction of sp³-hybridized carbons (Fsp3) is 0.500. The van der Waals surface area contributed by atoms with Crippen LogP contribution in [0.15, 0.2) is 29.0 Å². The highest BCUT2D eigenvalue weighted by Crippen LogP contribution is 2.24. The maximum atomic E-state index is 12.0. The van der Waals surface area contributed by atoms with Crippen LogP contribution in [0.1, 0.15) is 46.5 Å². The van der Waals surface area contributed by atoms with Gasteiger partial charge in [0.1, 0.15) is 11.4 Å². The average Bonchev–Trinajstić information content (AvgIpc) is 3.30. The molecule has 1 fully saturated rings. The van der Waals surface area contributed by atoms with Gasteiger partial charge >= 0.3 is 6.09 Å². The normalized spacial score (nSPS) is 19.8. The Balaban J connectivity index is 1.35. The van der Waals surface area contributed by atoms with Gasteiger partial charge in [-0.05, 0) is 70.0 Å². The lowest BCUT2D eigenvalue weighted by atomic mass is 9.91. The van der Waals surface area contributed by atoms with E-state index in [1.54, 1.807) is 15.9 Å². The summed E-state index contributed by atoms with van der Waals surface area (Å²) < 4.78 is 7.13. The van der Waals surface area contributed by atoms with Crippen LogP contribution in [0.3, 0.4) is 0 Å². The molecule has 0 unspecified atom stereocenters. The van der Waals surface area contributed by atoms with Gasteiger partial charge in [-0.15, -0.1) is 15.3 Å². The Morgan fingerprint density at radius 1 is 1.14 bits per heavy atom. The number of amides is 1.